The standard InChI is InChI=1S/C27H24FNO3/c1-16-15-19(11-12-20(16)28)29-21-5-3-6-22(30)24(21)23(25(29)27(2)13-4-14-27)17-7-9-18(10-8-17)26(31)32/h3,5-12,15,30H,4,13-14H2,1-2H3,(H,31,32). The van der Waals surface area contributed by atoms with Gasteiger partial charge in [-0.3, -0.25) is 0 Å². The van der Waals surface area contributed by atoms with Gasteiger partial charge in [-0.05, 0) is 73.4 Å². The molecule has 0 saturated heterocycles. The second-order valence-electron chi connectivity index (χ2n) is 8.96. The molecular weight excluding hydrogens is 405 g/mol. The van der Waals surface area contributed by atoms with Crippen LogP contribution in [0.1, 0.15) is 47.8 Å². The van der Waals surface area contributed by atoms with E-state index in [-0.39, 0.29) is 22.5 Å². The number of benzene rings is 3. The minimum Gasteiger partial charge on any atom is -0.507 e. The van der Waals surface area contributed by atoms with E-state index in [9.17, 15) is 19.4 Å². The zero-order valence-electron chi connectivity index (χ0n) is 18.0. The molecule has 4 aromatic rings. The summed E-state index contributed by atoms with van der Waals surface area (Å²) in [5.41, 5.74) is 5.16. The highest BCUT2D eigenvalue weighted by atomic mass is 19.1. The van der Waals surface area contributed by atoms with E-state index in [2.05, 4.69) is 11.5 Å². The van der Waals surface area contributed by atoms with Gasteiger partial charge in [0.05, 0.1) is 11.1 Å². The summed E-state index contributed by atoms with van der Waals surface area (Å²) in [5, 5.41) is 21.0. The van der Waals surface area contributed by atoms with Crippen molar-refractivity contribution in [3.63, 3.8) is 0 Å². The van der Waals surface area contributed by atoms with E-state index in [4.69, 9.17) is 0 Å². The Morgan fingerprint density at radius 2 is 1.78 bits per heavy atom. The van der Waals surface area contributed by atoms with E-state index >= 15 is 0 Å². The maximum Gasteiger partial charge on any atom is 0.335 e. The molecule has 5 heteroatoms. The Morgan fingerprint density at radius 1 is 1.06 bits per heavy atom. The van der Waals surface area contributed by atoms with E-state index in [0.29, 0.717) is 5.56 Å². The van der Waals surface area contributed by atoms with Gasteiger partial charge in [-0.1, -0.05) is 31.5 Å². The fraction of sp³-hybridized carbons (Fsp3) is 0.222. The van der Waals surface area contributed by atoms with Crippen LogP contribution in [0, 0.1) is 12.7 Å². The number of hydrogen-bond donors (Lipinski definition) is 2. The van der Waals surface area contributed by atoms with Crippen molar-refractivity contribution in [2.75, 3.05) is 0 Å². The highest BCUT2D eigenvalue weighted by Crippen LogP contribution is 2.52. The third-order valence-corrected chi connectivity index (χ3v) is 6.82. The van der Waals surface area contributed by atoms with Crippen LogP contribution < -0.4 is 0 Å². The molecular formula is C27H24FNO3. The van der Waals surface area contributed by atoms with Gasteiger partial charge in [-0.25, -0.2) is 9.18 Å². The Hall–Kier alpha value is -3.60. The number of aromatic nitrogens is 1. The Balaban J connectivity index is 1.90. The average molecular weight is 429 g/mol. The van der Waals surface area contributed by atoms with Crippen molar-refractivity contribution in [3.05, 3.63) is 83.3 Å². The highest BCUT2D eigenvalue weighted by molar-refractivity contribution is 6.04. The number of rotatable bonds is 4. The van der Waals surface area contributed by atoms with Crippen molar-refractivity contribution in [3.8, 4) is 22.6 Å². The molecule has 4 nitrogen and oxygen atoms in total. The number of aryl methyl sites for hydroxylation is 1. The molecule has 5 rings (SSSR count). The van der Waals surface area contributed by atoms with Gasteiger partial charge in [0.25, 0.3) is 0 Å². The van der Waals surface area contributed by atoms with Gasteiger partial charge < -0.3 is 14.8 Å². The molecule has 0 unspecified atom stereocenters. The summed E-state index contributed by atoms with van der Waals surface area (Å²) >= 11 is 0. The summed E-state index contributed by atoms with van der Waals surface area (Å²) in [7, 11) is 0. The lowest BCUT2D eigenvalue weighted by Gasteiger charge is -2.40. The fourth-order valence-corrected chi connectivity index (χ4v) is 4.93. The summed E-state index contributed by atoms with van der Waals surface area (Å²) < 4.78 is 16.2. The quantitative estimate of drug-likeness (QED) is 0.385. The predicted octanol–water partition coefficient (Wildman–Crippen LogP) is 6.59. The molecule has 0 atom stereocenters. The Bertz CT molecular complexity index is 1360. The SMILES string of the molecule is Cc1cc(-n2c(C3(C)CCC3)c(-c3ccc(C(=O)O)cc3)c3c(O)cccc32)ccc1F. The van der Waals surface area contributed by atoms with Crippen molar-refractivity contribution in [2.24, 2.45) is 0 Å². The molecule has 1 fully saturated rings. The van der Waals surface area contributed by atoms with Gasteiger partial charge in [0, 0.05) is 27.7 Å². The number of halogens is 1. The Labute approximate surface area is 185 Å². The molecule has 2 N–H and O–H groups in total. The monoisotopic (exact) mass is 429 g/mol. The van der Waals surface area contributed by atoms with E-state index in [0.717, 1.165) is 52.7 Å². The third kappa shape index (κ3) is 3.00. The minimum absolute atomic E-state index is 0.117. The number of hydrogen-bond acceptors (Lipinski definition) is 2. The van der Waals surface area contributed by atoms with Gasteiger partial charge in [0.2, 0.25) is 0 Å². The van der Waals surface area contributed by atoms with Gasteiger partial charge in [-0.2, -0.15) is 0 Å². The van der Waals surface area contributed by atoms with Gasteiger partial charge in [0.1, 0.15) is 11.6 Å². The van der Waals surface area contributed by atoms with Crippen LogP contribution in [0.25, 0.3) is 27.7 Å². The molecule has 32 heavy (non-hydrogen) atoms. The number of nitrogens with zero attached hydrogens (tertiary/aromatic N) is 1. The molecule has 1 aliphatic carbocycles. The summed E-state index contributed by atoms with van der Waals surface area (Å²) in [4.78, 5) is 11.4. The summed E-state index contributed by atoms with van der Waals surface area (Å²) in [6, 6.07) is 17.3. The first-order valence-electron chi connectivity index (χ1n) is 10.8. The van der Waals surface area contributed by atoms with Crippen molar-refractivity contribution in [1.29, 1.82) is 0 Å². The molecule has 1 saturated carbocycles. The molecule has 1 heterocycles. The van der Waals surface area contributed by atoms with Crippen LogP contribution in [0.2, 0.25) is 0 Å². The van der Waals surface area contributed by atoms with Crippen molar-refractivity contribution >= 4 is 16.9 Å². The zero-order chi connectivity index (χ0) is 22.6. The molecule has 0 bridgehead atoms. The molecule has 3 aromatic carbocycles. The lowest BCUT2D eigenvalue weighted by atomic mass is 9.66. The first kappa shape index (κ1) is 20.3. The smallest absolute Gasteiger partial charge is 0.335 e. The lowest BCUT2D eigenvalue weighted by Crippen LogP contribution is -2.33. The van der Waals surface area contributed by atoms with Crippen LogP contribution >= 0.6 is 0 Å². The molecule has 0 aliphatic heterocycles. The lowest BCUT2D eigenvalue weighted by molar-refractivity contribution is 0.0697. The molecule has 0 spiro atoms. The average Bonchev–Trinajstić information content (AvgIpc) is 3.11. The predicted molar refractivity (Wildman–Crippen MR) is 123 cm³/mol. The zero-order valence-corrected chi connectivity index (χ0v) is 18.0. The summed E-state index contributed by atoms with van der Waals surface area (Å²) in [6.45, 7) is 3.97. The van der Waals surface area contributed by atoms with Crippen LogP contribution in [0.4, 0.5) is 4.39 Å². The number of carboxylic acid groups (broad SMARTS) is 1. The molecule has 1 aromatic heterocycles. The van der Waals surface area contributed by atoms with Gasteiger partial charge in [-0.15, -0.1) is 0 Å². The molecule has 1 aliphatic rings. The van der Waals surface area contributed by atoms with Gasteiger partial charge in [0.15, 0.2) is 0 Å². The topological polar surface area (TPSA) is 62.5 Å². The first-order chi connectivity index (χ1) is 15.3. The van der Waals surface area contributed by atoms with Crippen LogP contribution in [0.3, 0.4) is 0 Å². The maximum absolute atomic E-state index is 14.1. The first-order valence-corrected chi connectivity index (χ1v) is 10.8. The van der Waals surface area contributed by atoms with Crippen LogP contribution in [-0.2, 0) is 5.41 Å². The van der Waals surface area contributed by atoms with Crippen molar-refractivity contribution in [1.82, 2.24) is 4.57 Å². The van der Waals surface area contributed by atoms with E-state index in [1.807, 2.05) is 18.2 Å². The number of aromatic carboxylic acids is 1. The Morgan fingerprint density at radius 3 is 2.38 bits per heavy atom. The number of aromatic hydroxyl groups is 1. The largest absolute Gasteiger partial charge is 0.507 e. The molecule has 0 amide bonds. The summed E-state index contributed by atoms with van der Waals surface area (Å²) in [5.74, 6) is -1.06. The van der Waals surface area contributed by atoms with Gasteiger partial charge >= 0.3 is 5.97 Å². The van der Waals surface area contributed by atoms with Crippen molar-refractivity contribution in [2.45, 2.75) is 38.5 Å². The number of fused-ring (bicyclic) bond motifs is 1. The minimum atomic E-state index is -0.977. The number of phenolic OH excluding ortho intramolecular Hbond substituents is 1. The molecule has 162 valence electrons. The van der Waals surface area contributed by atoms with E-state index in [1.54, 1.807) is 43.3 Å². The second kappa shape index (κ2) is 7.23. The Kier molecular flexibility index (Phi) is 4.59. The number of phenols is 1. The van der Waals surface area contributed by atoms with Crippen LogP contribution in [0.15, 0.2) is 60.7 Å². The van der Waals surface area contributed by atoms with Crippen LogP contribution in [0.5, 0.6) is 5.75 Å². The maximum atomic E-state index is 14.1. The summed E-state index contributed by atoms with van der Waals surface area (Å²) in [6.07, 6.45) is 3.12. The normalized spacial score (nSPS) is 15.0. The second-order valence-corrected chi connectivity index (χ2v) is 8.96. The van der Waals surface area contributed by atoms with E-state index < -0.39 is 5.97 Å². The number of carbonyl (C=O) groups is 1. The third-order valence-electron chi connectivity index (χ3n) is 6.82. The number of carboxylic acids is 1. The van der Waals surface area contributed by atoms with Crippen molar-refractivity contribution < 1.29 is 19.4 Å². The molecule has 0 radical (unpaired) electrons. The fourth-order valence-electron chi connectivity index (χ4n) is 4.93. The van der Waals surface area contributed by atoms with Crippen LogP contribution in [-0.4, -0.2) is 20.7 Å². The highest BCUT2D eigenvalue weighted by Gasteiger charge is 2.40. The van der Waals surface area contributed by atoms with E-state index in [1.165, 1.54) is 6.07 Å².